The van der Waals surface area contributed by atoms with Gasteiger partial charge in [-0.3, -0.25) is 0 Å². The average molecular weight is 188 g/mol. The first-order valence-corrected chi connectivity index (χ1v) is 5.01. The third kappa shape index (κ3) is 4.69. The lowest BCUT2D eigenvalue weighted by atomic mass is 10.2. The fraction of sp³-hybridized carbons (Fsp3) is 0.385. The van der Waals surface area contributed by atoms with Crippen molar-refractivity contribution in [3.8, 4) is 11.8 Å². The Kier molecular flexibility index (Phi) is 5.54. The van der Waals surface area contributed by atoms with Gasteiger partial charge in [0.25, 0.3) is 0 Å². The van der Waals surface area contributed by atoms with Gasteiger partial charge in [0.15, 0.2) is 0 Å². The van der Waals surface area contributed by atoms with Gasteiger partial charge in [0.1, 0.15) is 6.61 Å². The van der Waals surface area contributed by atoms with Crippen molar-refractivity contribution in [2.75, 3.05) is 6.61 Å². The van der Waals surface area contributed by atoms with Crippen LogP contribution in [-0.2, 0) is 11.3 Å². The zero-order valence-corrected chi connectivity index (χ0v) is 8.62. The number of unbranched alkanes of at least 4 members (excludes halogenated alkanes) is 1. The van der Waals surface area contributed by atoms with Gasteiger partial charge in [-0.25, -0.2) is 0 Å². The summed E-state index contributed by atoms with van der Waals surface area (Å²) in [6, 6.07) is 10.1. The Bertz CT molecular complexity index is 292. The molecule has 0 bridgehead atoms. The minimum Gasteiger partial charge on any atom is -0.364 e. The summed E-state index contributed by atoms with van der Waals surface area (Å²) in [5.41, 5.74) is 1.20. The summed E-state index contributed by atoms with van der Waals surface area (Å²) in [6.07, 6.45) is 2.08. The molecule has 0 spiro atoms. The van der Waals surface area contributed by atoms with Crippen LogP contribution in [0.2, 0.25) is 0 Å². The molecule has 14 heavy (non-hydrogen) atoms. The molecule has 0 atom stereocenters. The number of ether oxygens (including phenoxy) is 1. The molecular formula is C13H16O. The van der Waals surface area contributed by atoms with Crippen molar-refractivity contribution in [2.45, 2.75) is 26.4 Å². The van der Waals surface area contributed by atoms with Gasteiger partial charge in [0.05, 0.1) is 6.61 Å². The van der Waals surface area contributed by atoms with Crippen LogP contribution >= 0.6 is 0 Å². The smallest absolute Gasteiger partial charge is 0.108 e. The second-order valence-corrected chi connectivity index (χ2v) is 3.08. The highest BCUT2D eigenvalue weighted by molar-refractivity contribution is 5.13. The molecule has 1 aromatic rings. The predicted molar refractivity (Wildman–Crippen MR) is 58.8 cm³/mol. The van der Waals surface area contributed by atoms with E-state index < -0.39 is 0 Å². The molecule has 0 aliphatic carbocycles. The predicted octanol–water partition coefficient (Wildman–Crippen LogP) is 3.01. The van der Waals surface area contributed by atoms with Crippen LogP contribution in [0, 0.1) is 11.8 Å². The summed E-state index contributed by atoms with van der Waals surface area (Å²) in [7, 11) is 0. The largest absolute Gasteiger partial charge is 0.364 e. The topological polar surface area (TPSA) is 9.23 Å². The van der Waals surface area contributed by atoms with Gasteiger partial charge in [-0.2, -0.15) is 0 Å². The number of benzene rings is 1. The van der Waals surface area contributed by atoms with Crippen LogP contribution in [0.1, 0.15) is 25.3 Å². The van der Waals surface area contributed by atoms with E-state index in [1.54, 1.807) is 0 Å². The fourth-order valence-corrected chi connectivity index (χ4v) is 1.06. The van der Waals surface area contributed by atoms with E-state index in [4.69, 9.17) is 4.74 Å². The van der Waals surface area contributed by atoms with E-state index in [-0.39, 0.29) is 0 Å². The Hall–Kier alpha value is -1.26. The molecule has 1 rings (SSSR count). The van der Waals surface area contributed by atoms with Crippen LogP contribution in [0.25, 0.3) is 0 Å². The highest BCUT2D eigenvalue weighted by Gasteiger charge is 1.88. The van der Waals surface area contributed by atoms with E-state index in [1.807, 2.05) is 18.2 Å². The van der Waals surface area contributed by atoms with Crippen LogP contribution < -0.4 is 0 Å². The summed E-state index contributed by atoms with van der Waals surface area (Å²) < 4.78 is 5.39. The maximum Gasteiger partial charge on any atom is 0.108 e. The molecule has 0 aliphatic rings. The van der Waals surface area contributed by atoms with Gasteiger partial charge in [-0.05, 0) is 12.0 Å². The first-order valence-electron chi connectivity index (χ1n) is 5.01. The summed E-state index contributed by atoms with van der Waals surface area (Å²) >= 11 is 0. The molecule has 0 heterocycles. The van der Waals surface area contributed by atoms with Crippen LogP contribution in [0.3, 0.4) is 0 Å². The van der Waals surface area contributed by atoms with Gasteiger partial charge in [-0.1, -0.05) is 43.2 Å². The zero-order chi connectivity index (χ0) is 10.1. The molecular weight excluding hydrogens is 172 g/mol. The van der Waals surface area contributed by atoms with Crippen LogP contribution in [0.15, 0.2) is 30.3 Å². The lowest BCUT2D eigenvalue weighted by Gasteiger charge is -1.98. The Morgan fingerprint density at radius 2 is 1.93 bits per heavy atom. The summed E-state index contributed by atoms with van der Waals surface area (Å²) in [5.74, 6) is 6.03. The van der Waals surface area contributed by atoms with Crippen molar-refractivity contribution in [1.82, 2.24) is 0 Å². The highest BCUT2D eigenvalue weighted by atomic mass is 16.5. The molecule has 0 N–H and O–H groups in total. The Balaban J connectivity index is 2.14. The molecule has 0 amide bonds. The summed E-state index contributed by atoms with van der Waals surface area (Å²) in [5, 5.41) is 0. The zero-order valence-electron chi connectivity index (χ0n) is 8.62. The van der Waals surface area contributed by atoms with Crippen molar-refractivity contribution >= 4 is 0 Å². The maximum atomic E-state index is 5.39. The van der Waals surface area contributed by atoms with Gasteiger partial charge < -0.3 is 4.74 Å². The van der Waals surface area contributed by atoms with Crippen LogP contribution in [0.5, 0.6) is 0 Å². The number of hydrogen-bond acceptors (Lipinski definition) is 1. The third-order valence-corrected chi connectivity index (χ3v) is 1.79. The minimum absolute atomic E-state index is 0.537. The Morgan fingerprint density at radius 3 is 2.64 bits per heavy atom. The fourth-order valence-electron chi connectivity index (χ4n) is 1.06. The van der Waals surface area contributed by atoms with E-state index in [1.165, 1.54) is 5.56 Å². The lowest BCUT2D eigenvalue weighted by molar-refractivity contribution is 0.153. The second kappa shape index (κ2) is 7.17. The molecule has 0 saturated heterocycles. The average Bonchev–Trinajstić information content (AvgIpc) is 2.25. The molecule has 0 aliphatic heterocycles. The van der Waals surface area contributed by atoms with Crippen molar-refractivity contribution in [2.24, 2.45) is 0 Å². The standard InChI is InChI=1S/C13H16O/c1-2-3-4-8-11-14-12-13-9-6-5-7-10-13/h5-7,9-10H,2-3,11-12H2,1H3. The number of hydrogen-bond donors (Lipinski definition) is 0. The quantitative estimate of drug-likeness (QED) is 0.521. The first kappa shape index (κ1) is 10.8. The van der Waals surface area contributed by atoms with E-state index in [2.05, 4.69) is 30.9 Å². The molecule has 1 heteroatoms. The van der Waals surface area contributed by atoms with Crippen molar-refractivity contribution in [1.29, 1.82) is 0 Å². The Labute approximate surface area is 86.1 Å². The molecule has 0 radical (unpaired) electrons. The van der Waals surface area contributed by atoms with Crippen LogP contribution in [-0.4, -0.2) is 6.61 Å². The molecule has 74 valence electrons. The minimum atomic E-state index is 0.537. The normalized spacial score (nSPS) is 9.21. The van der Waals surface area contributed by atoms with Crippen molar-refractivity contribution < 1.29 is 4.74 Å². The SMILES string of the molecule is CCCC#CCOCc1ccccc1. The van der Waals surface area contributed by atoms with Gasteiger partial charge in [0, 0.05) is 6.42 Å². The monoisotopic (exact) mass is 188 g/mol. The molecule has 1 nitrogen and oxygen atoms in total. The van der Waals surface area contributed by atoms with Crippen molar-refractivity contribution in [3.05, 3.63) is 35.9 Å². The Morgan fingerprint density at radius 1 is 1.14 bits per heavy atom. The summed E-state index contributed by atoms with van der Waals surface area (Å²) in [6.45, 7) is 3.32. The van der Waals surface area contributed by atoms with Crippen molar-refractivity contribution in [3.63, 3.8) is 0 Å². The second-order valence-electron chi connectivity index (χ2n) is 3.08. The first-order chi connectivity index (χ1) is 6.93. The van der Waals surface area contributed by atoms with Gasteiger partial charge in [-0.15, -0.1) is 5.92 Å². The van der Waals surface area contributed by atoms with Gasteiger partial charge in [0.2, 0.25) is 0 Å². The van der Waals surface area contributed by atoms with E-state index >= 15 is 0 Å². The lowest BCUT2D eigenvalue weighted by Crippen LogP contribution is -1.92. The van der Waals surface area contributed by atoms with Gasteiger partial charge >= 0.3 is 0 Å². The summed E-state index contributed by atoms with van der Waals surface area (Å²) in [4.78, 5) is 0. The molecule has 0 saturated carbocycles. The molecule has 0 unspecified atom stereocenters. The third-order valence-electron chi connectivity index (χ3n) is 1.79. The molecule has 0 fully saturated rings. The maximum absolute atomic E-state index is 5.39. The van der Waals surface area contributed by atoms with E-state index in [0.717, 1.165) is 12.8 Å². The van der Waals surface area contributed by atoms with E-state index in [0.29, 0.717) is 13.2 Å². The molecule has 1 aromatic carbocycles. The molecule has 0 aromatic heterocycles. The van der Waals surface area contributed by atoms with Crippen LogP contribution in [0.4, 0.5) is 0 Å². The van der Waals surface area contributed by atoms with E-state index in [9.17, 15) is 0 Å². The highest BCUT2D eigenvalue weighted by Crippen LogP contribution is 1.99. The number of rotatable bonds is 4.